The smallest absolute Gasteiger partial charge is 0.0305 e. The van der Waals surface area contributed by atoms with Crippen LogP contribution < -0.4 is 0 Å². The average Bonchev–Trinajstić information content (AvgIpc) is 2.56. The van der Waals surface area contributed by atoms with Gasteiger partial charge in [-0.3, -0.25) is 0 Å². The van der Waals surface area contributed by atoms with Crippen LogP contribution in [0, 0.1) is 13.8 Å². The van der Waals surface area contributed by atoms with Crippen molar-refractivity contribution in [3.8, 4) is 0 Å². The standard InChI is InChI=1S/C12H18.4C2H6/c1-5-11-7-9(3)8-12(6-2)10(11)4;4*1-2/h7-8H,5-6H2,1-4H3;4*1-2H3. The van der Waals surface area contributed by atoms with Crippen molar-refractivity contribution in [3.63, 3.8) is 0 Å². The Morgan fingerprint density at radius 3 is 1.05 bits per heavy atom. The topological polar surface area (TPSA) is 0 Å². The first-order valence-electron chi connectivity index (χ1n) is 8.78. The molecule has 0 saturated heterocycles. The maximum Gasteiger partial charge on any atom is -0.0305 e. The summed E-state index contributed by atoms with van der Waals surface area (Å²) >= 11 is 0. The van der Waals surface area contributed by atoms with Gasteiger partial charge in [-0.1, -0.05) is 86.9 Å². The summed E-state index contributed by atoms with van der Waals surface area (Å²) in [4.78, 5) is 0. The van der Waals surface area contributed by atoms with Crippen LogP contribution in [0.2, 0.25) is 0 Å². The summed E-state index contributed by atoms with van der Waals surface area (Å²) < 4.78 is 0. The van der Waals surface area contributed by atoms with Crippen LogP contribution in [0.3, 0.4) is 0 Å². The van der Waals surface area contributed by atoms with Gasteiger partial charge in [-0.2, -0.15) is 0 Å². The number of benzene rings is 1. The van der Waals surface area contributed by atoms with Crippen molar-refractivity contribution in [2.24, 2.45) is 0 Å². The Morgan fingerprint density at radius 2 is 0.850 bits per heavy atom. The van der Waals surface area contributed by atoms with Crippen molar-refractivity contribution in [1.29, 1.82) is 0 Å². The van der Waals surface area contributed by atoms with Crippen molar-refractivity contribution in [2.45, 2.75) is 95.9 Å². The Hall–Kier alpha value is -0.780. The molecule has 0 radical (unpaired) electrons. The molecular formula is C20H42. The first-order valence-corrected chi connectivity index (χ1v) is 8.78. The van der Waals surface area contributed by atoms with Crippen LogP contribution >= 0.6 is 0 Å². The second kappa shape index (κ2) is 23.3. The highest BCUT2D eigenvalue weighted by Crippen LogP contribution is 2.17. The van der Waals surface area contributed by atoms with E-state index >= 15 is 0 Å². The molecule has 0 aliphatic rings. The Kier molecular flexibility index (Phi) is 32.1. The molecule has 0 heteroatoms. The fraction of sp³-hybridized carbons (Fsp3) is 0.700. The van der Waals surface area contributed by atoms with Gasteiger partial charge in [0.05, 0.1) is 0 Å². The number of hydrogen-bond acceptors (Lipinski definition) is 0. The minimum Gasteiger partial charge on any atom is -0.0683 e. The Labute approximate surface area is 131 Å². The molecule has 0 saturated carbocycles. The first-order chi connectivity index (χ1) is 9.69. The fourth-order valence-electron chi connectivity index (χ4n) is 1.75. The van der Waals surface area contributed by atoms with Gasteiger partial charge in [0.2, 0.25) is 0 Å². The second-order valence-electron chi connectivity index (χ2n) is 3.42. The van der Waals surface area contributed by atoms with Crippen LogP contribution in [0.1, 0.15) is 91.5 Å². The average molecular weight is 283 g/mol. The van der Waals surface area contributed by atoms with E-state index in [0.29, 0.717) is 0 Å². The van der Waals surface area contributed by atoms with E-state index in [2.05, 4.69) is 39.8 Å². The maximum atomic E-state index is 2.30. The highest BCUT2D eigenvalue weighted by molar-refractivity contribution is 5.37. The zero-order valence-electron chi connectivity index (χ0n) is 16.6. The largest absolute Gasteiger partial charge is 0.0683 e. The Bertz CT molecular complexity index is 246. The molecule has 0 heterocycles. The zero-order chi connectivity index (χ0) is 17.1. The molecule has 1 aromatic carbocycles. The molecule has 0 atom stereocenters. The summed E-state index contributed by atoms with van der Waals surface area (Å²) in [6.07, 6.45) is 2.31. The monoisotopic (exact) mass is 282 g/mol. The molecule has 20 heavy (non-hydrogen) atoms. The third kappa shape index (κ3) is 12.3. The molecule has 0 unspecified atom stereocenters. The summed E-state index contributed by atoms with van der Waals surface area (Å²) in [5.41, 5.74) is 5.90. The molecule has 0 N–H and O–H groups in total. The molecule has 0 fully saturated rings. The summed E-state index contributed by atoms with van der Waals surface area (Å²) in [6.45, 7) is 24.9. The lowest BCUT2D eigenvalue weighted by molar-refractivity contribution is 1.04. The molecule has 0 nitrogen and oxygen atoms in total. The number of rotatable bonds is 2. The van der Waals surface area contributed by atoms with Gasteiger partial charge in [0.25, 0.3) is 0 Å². The van der Waals surface area contributed by atoms with Gasteiger partial charge in [-0.25, -0.2) is 0 Å². The lowest BCUT2D eigenvalue weighted by Crippen LogP contribution is -1.94. The number of aryl methyl sites for hydroxylation is 3. The van der Waals surface area contributed by atoms with Crippen molar-refractivity contribution >= 4 is 0 Å². The first kappa shape index (κ1) is 27.5. The highest BCUT2D eigenvalue weighted by Gasteiger charge is 2.01. The van der Waals surface area contributed by atoms with E-state index in [4.69, 9.17) is 0 Å². The lowest BCUT2D eigenvalue weighted by atomic mass is 9.96. The number of hydrogen-bond donors (Lipinski definition) is 0. The van der Waals surface area contributed by atoms with Crippen LogP contribution in [-0.4, -0.2) is 0 Å². The summed E-state index contributed by atoms with van der Waals surface area (Å²) in [6, 6.07) is 4.60. The van der Waals surface area contributed by atoms with Crippen molar-refractivity contribution in [3.05, 3.63) is 34.4 Å². The van der Waals surface area contributed by atoms with Gasteiger partial charge in [-0.05, 0) is 43.4 Å². The van der Waals surface area contributed by atoms with Crippen molar-refractivity contribution in [1.82, 2.24) is 0 Å². The van der Waals surface area contributed by atoms with Gasteiger partial charge in [0.15, 0.2) is 0 Å². The molecular weight excluding hydrogens is 240 g/mol. The van der Waals surface area contributed by atoms with Crippen LogP contribution in [-0.2, 0) is 12.8 Å². The van der Waals surface area contributed by atoms with E-state index in [1.54, 1.807) is 0 Å². The maximum absolute atomic E-state index is 2.30. The third-order valence-corrected chi connectivity index (χ3v) is 2.53. The van der Waals surface area contributed by atoms with Gasteiger partial charge in [0.1, 0.15) is 0 Å². The Morgan fingerprint density at radius 1 is 0.600 bits per heavy atom. The zero-order valence-corrected chi connectivity index (χ0v) is 16.6. The SMILES string of the molecule is CC.CC.CC.CC.CCc1cc(C)cc(CC)c1C. The van der Waals surface area contributed by atoms with Crippen LogP contribution in [0.15, 0.2) is 12.1 Å². The second-order valence-corrected chi connectivity index (χ2v) is 3.42. The normalized spacial score (nSPS) is 7.40. The Balaban J connectivity index is -0.000000138. The molecule has 1 aromatic rings. The van der Waals surface area contributed by atoms with Gasteiger partial charge in [-0.15, -0.1) is 0 Å². The molecule has 0 aliphatic carbocycles. The predicted octanol–water partition coefficient (Wildman–Crippen LogP) is 7.53. The van der Waals surface area contributed by atoms with Crippen molar-refractivity contribution in [2.75, 3.05) is 0 Å². The molecule has 122 valence electrons. The van der Waals surface area contributed by atoms with Gasteiger partial charge < -0.3 is 0 Å². The van der Waals surface area contributed by atoms with Gasteiger partial charge in [0, 0.05) is 0 Å². The molecule has 1 rings (SSSR count). The minimum atomic E-state index is 1.15. The van der Waals surface area contributed by atoms with Crippen LogP contribution in [0.4, 0.5) is 0 Å². The van der Waals surface area contributed by atoms with E-state index in [-0.39, 0.29) is 0 Å². The molecule has 0 spiro atoms. The highest BCUT2D eigenvalue weighted by atomic mass is 14.1. The molecule has 0 aliphatic heterocycles. The van der Waals surface area contributed by atoms with Gasteiger partial charge >= 0.3 is 0 Å². The van der Waals surface area contributed by atoms with E-state index in [9.17, 15) is 0 Å². The summed E-state index contributed by atoms with van der Waals surface area (Å²) in [7, 11) is 0. The summed E-state index contributed by atoms with van der Waals surface area (Å²) in [5, 5.41) is 0. The fourth-order valence-corrected chi connectivity index (χ4v) is 1.75. The van der Waals surface area contributed by atoms with Crippen molar-refractivity contribution < 1.29 is 0 Å². The molecule has 0 aromatic heterocycles. The summed E-state index contributed by atoms with van der Waals surface area (Å²) in [5.74, 6) is 0. The predicted molar refractivity (Wildman–Crippen MR) is 100 cm³/mol. The van der Waals surface area contributed by atoms with Crippen LogP contribution in [0.5, 0.6) is 0 Å². The van der Waals surface area contributed by atoms with E-state index in [0.717, 1.165) is 12.8 Å². The molecule has 0 amide bonds. The lowest BCUT2D eigenvalue weighted by Gasteiger charge is -2.09. The van der Waals surface area contributed by atoms with E-state index < -0.39 is 0 Å². The minimum absolute atomic E-state index is 1.15. The molecule has 0 bridgehead atoms. The third-order valence-electron chi connectivity index (χ3n) is 2.53. The van der Waals surface area contributed by atoms with Crippen LogP contribution in [0.25, 0.3) is 0 Å². The van der Waals surface area contributed by atoms with E-state index in [1.807, 2.05) is 55.4 Å². The van der Waals surface area contributed by atoms with E-state index in [1.165, 1.54) is 22.3 Å². The quantitative estimate of drug-likeness (QED) is 0.525.